The summed E-state index contributed by atoms with van der Waals surface area (Å²) in [4.78, 5) is 10.5. The van der Waals surface area contributed by atoms with Crippen molar-refractivity contribution in [2.45, 2.75) is 25.3 Å². The summed E-state index contributed by atoms with van der Waals surface area (Å²) in [7, 11) is 3.14. The van der Waals surface area contributed by atoms with Crippen LogP contribution < -0.4 is 15.2 Å². The quantitative estimate of drug-likeness (QED) is 0.802. The number of aliphatic carboxylic acids is 1. The molecule has 0 aromatic heterocycles. The zero-order valence-corrected chi connectivity index (χ0v) is 12.6. The Morgan fingerprint density at radius 1 is 1.42 bits per heavy atom. The Bertz CT molecular complexity index is 451. The molecule has 6 heteroatoms. The Balaban J connectivity index is 2.87. The van der Waals surface area contributed by atoms with E-state index in [2.05, 4.69) is 15.9 Å². The third-order valence-corrected chi connectivity index (χ3v) is 3.57. The third-order valence-electron chi connectivity index (χ3n) is 2.82. The summed E-state index contributed by atoms with van der Waals surface area (Å²) in [5.41, 5.74) is 6.92. The first-order chi connectivity index (χ1) is 9.01. The van der Waals surface area contributed by atoms with Crippen LogP contribution in [0.1, 0.15) is 30.9 Å². The topological polar surface area (TPSA) is 81.8 Å². The smallest absolute Gasteiger partial charge is 0.303 e. The summed E-state index contributed by atoms with van der Waals surface area (Å²) in [5.74, 6) is 0.482. The minimum atomic E-state index is -0.810. The minimum Gasteiger partial charge on any atom is -0.495 e. The Labute approximate surface area is 120 Å². The molecule has 1 aromatic rings. The van der Waals surface area contributed by atoms with Gasteiger partial charge in [-0.05, 0) is 40.9 Å². The number of benzene rings is 1. The van der Waals surface area contributed by atoms with Gasteiger partial charge in [-0.25, -0.2) is 0 Å². The van der Waals surface area contributed by atoms with Gasteiger partial charge in [0.05, 0.1) is 14.2 Å². The summed E-state index contributed by atoms with van der Waals surface area (Å²) in [6.45, 7) is 0. The van der Waals surface area contributed by atoms with Crippen LogP contribution in [0, 0.1) is 0 Å². The van der Waals surface area contributed by atoms with Gasteiger partial charge < -0.3 is 20.3 Å². The first-order valence-electron chi connectivity index (χ1n) is 5.89. The number of rotatable bonds is 7. The molecule has 1 atom stereocenters. The van der Waals surface area contributed by atoms with Gasteiger partial charge in [-0.1, -0.05) is 0 Å². The van der Waals surface area contributed by atoms with E-state index in [-0.39, 0.29) is 12.5 Å². The highest BCUT2D eigenvalue weighted by Gasteiger charge is 2.17. The van der Waals surface area contributed by atoms with E-state index in [0.717, 1.165) is 5.56 Å². The molecule has 0 fully saturated rings. The SMILES string of the molecule is COc1ccc(C(N)CCCC(=O)O)c(OC)c1Br. The van der Waals surface area contributed by atoms with Gasteiger partial charge in [-0.2, -0.15) is 0 Å². The van der Waals surface area contributed by atoms with Crippen LogP contribution in [-0.4, -0.2) is 25.3 Å². The van der Waals surface area contributed by atoms with Crippen LogP contribution in [0.4, 0.5) is 0 Å². The molecule has 0 radical (unpaired) electrons. The lowest BCUT2D eigenvalue weighted by atomic mass is 10.0. The largest absolute Gasteiger partial charge is 0.495 e. The summed E-state index contributed by atoms with van der Waals surface area (Å²) in [6.07, 6.45) is 1.23. The molecular weight excluding hydrogens is 314 g/mol. The van der Waals surface area contributed by atoms with Crippen molar-refractivity contribution in [3.8, 4) is 11.5 Å². The van der Waals surface area contributed by atoms with Crippen LogP contribution in [0.5, 0.6) is 11.5 Å². The molecule has 3 N–H and O–H groups in total. The number of carboxylic acid groups (broad SMARTS) is 1. The molecule has 1 unspecified atom stereocenters. The van der Waals surface area contributed by atoms with Crippen molar-refractivity contribution < 1.29 is 19.4 Å². The van der Waals surface area contributed by atoms with Crippen molar-refractivity contribution in [3.63, 3.8) is 0 Å². The molecule has 0 saturated carbocycles. The molecule has 0 amide bonds. The molecular formula is C13H18BrNO4. The number of carbonyl (C=O) groups is 1. The zero-order valence-electron chi connectivity index (χ0n) is 11.0. The van der Waals surface area contributed by atoms with Crippen molar-refractivity contribution >= 4 is 21.9 Å². The second-order valence-corrected chi connectivity index (χ2v) is 4.89. The molecule has 0 heterocycles. The molecule has 0 aliphatic carbocycles. The fourth-order valence-electron chi connectivity index (χ4n) is 1.84. The zero-order chi connectivity index (χ0) is 14.4. The maximum absolute atomic E-state index is 10.5. The maximum atomic E-state index is 10.5. The highest BCUT2D eigenvalue weighted by Crippen LogP contribution is 2.39. The number of halogens is 1. The molecule has 1 rings (SSSR count). The van der Waals surface area contributed by atoms with E-state index in [0.29, 0.717) is 28.8 Å². The number of ether oxygens (including phenoxy) is 2. The van der Waals surface area contributed by atoms with Crippen LogP contribution in [0.2, 0.25) is 0 Å². The highest BCUT2D eigenvalue weighted by molar-refractivity contribution is 9.10. The Morgan fingerprint density at radius 2 is 2.11 bits per heavy atom. The fourth-order valence-corrected chi connectivity index (χ4v) is 2.52. The molecule has 0 spiro atoms. The summed E-state index contributed by atoms with van der Waals surface area (Å²) < 4.78 is 11.2. The fraction of sp³-hybridized carbons (Fsp3) is 0.462. The van der Waals surface area contributed by atoms with Gasteiger partial charge in [-0.15, -0.1) is 0 Å². The minimum absolute atomic E-state index is 0.118. The highest BCUT2D eigenvalue weighted by atomic mass is 79.9. The number of carboxylic acids is 1. The molecule has 1 aromatic carbocycles. The standard InChI is InChI=1S/C13H18BrNO4/c1-18-10-7-6-8(13(19-2)12(10)14)9(15)4-3-5-11(16)17/h6-7,9H,3-5,15H2,1-2H3,(H,16,17). The number of hydrogen-bond donors (Lipinski definition) is 2. The molecule has 5 nitrogen and oxygen atoms in total. The molecule has 0 aliphatic rings. The van der Waals surface area contributed by atoms with Gasteiger partial charge in [0.15, 0.2) is 0 Å². The predicted molar refractivity (Wildman–Crippen MR) is 75.7 cm³/mol. The average Bonchev–Trinajstić information content (AvgIpc) is 2.37. The Kier molecular flexibility index (Phi) is 6.11. The summed E-state index contributed by atoms with van der Waals surface area (Å²) in [6, 6.07) is 3.38. The van der Waals surface area contributed by atoms with Gasteiger partial charge in [0.2, 0.25) is 0 Å². The van der Waals surface area contributed by atoms with Crippen LogP contribution in [-0.2, 0) is 4.79 Å². The summed E-state index contributed by atoms with van der Waals surface area (Å²) in [5, 5.41) is 8.62. The van der Waals surface area contributed by atoms with Crippen molar-refractivity contribution in [1.82, 2.24) is 0 Å². The number of methoxy groups -OCH3 is 2. The molecule has 0 aliphatic heterocycles. The van der Waals surface area contributed by atoms with Crippen LogP contribution >= 0.6 is 15.9 Å². The number of hydrogen-bond acceptors (Lipinski definition) is 4. The monoisotopic (exact) mass is 331 g/mol. The van der Waals surface area contributed by atoms with Gasteiger partial charge in [0.25, 0.3) is 0 Å². The van der Waals surface area contributed by atoms with E-state index in [9.17, 15) is 4.79 Å². The average molecular weight is 332 g/mol. The van der Waals surface area contributed by atoms with Crippen molar-refractivity contribution in [2.75, 3.05) is 14.2 Å². The third kappa shape index (κ3) is 4.11. The first-order valence-corrected chi connectivity index (χ1v) is 6.68. The van der Waals surface area contributed by atoms with Crippen molar-refractivity contribution in [2.24, 2.45) is 5.73 Å². The van der Waals surface area contributed by atoms with E-state index in [1.54, 1.807) is 20.3 Å². The second-order valence-electron chi connectivity index (χ2n) is 4.10. The Hall–Kier alpha value is -1.27. The van der Waals surface area contributed by atoms with Gasteiger partial charge in [0, 0.05) is 18.0 Å². The Morgan fingerprint density at radius 3 is 2.63 bits per heavy atom. The molecule has 0 saturated heterocycles. The van der Waals surface area contributed by atoms with Crippen LogP contribution in [0.3, 0.4) is 0 Å². The predicted octanol–water partition coefficient (Wildman–Crippen LogP) is 2.72. The maximum Gasteiger partial charge on any atom is 0.303 e. The van der Waals surface area contributed by atoms with E-state index < -0.39 is 5.97 Å². The van der Waals surface area contributed by atoms with Crippen molar-refractivity contribution in [3.05, 3.63) is 22.2 Å². The van der Waals surface area contributed by atoms with Crippen LogP contribution in [0.25, 0.3) is 0 Å². The lowest BCUT2D eigenvalue weighted by Crippen LogP contribution is -2.12. The molecule has 0 bridgehead atoms. The van der Waals surface area contributed by atoms with E-state index in [1.165, 1.54) is 0 Å². The first kappa shape index (κ1) is 15.8. The molecule has 106 valence electrons. The van der Waals surface area contributed by atoms with Crippen molar-refractivity contribution in [1.29, 1.82) is 0 Å². The molecule has 19 heavy (non-hydrogen) atoms. The normalized spacial score (nSPS) is 12.0. The van der Waals surface area contributed by atoms with Gasteiger partial charge >= 0.3 is 5.97 Å². The second kappa shape index (κ2) is 7.35. The number of nitrogens with two attached hydrogens (primary N) is 1. The van der Waals surface area contributed by atoms with E-state index in [4.69, 9.17) is 20.3 Å². The van der Waals surface area contributed by atoms with E-state index in [1.807, 2.05) is 6.07 Å². The van der Waals surface area contributed by atoms with Gasteiger partial charge in [0.1, 0.15) is 16.0 Å². The summed E-state index contributed by atoms with van der Waals surface area (Å²) >= 11 is 3.41. The van der Waals surface area contributed by atoms with Gasteiger partial charge in [-0.3, -0.25) is 4.79 Å². The lowest BCUT2D eigenvalue weighted by molar-refractivity contribution is -0.137. The lowest BCUT2D eigenvalue weighted by Gasteiger charge is -2.18. The van der Waals surface area contributed by atoms with E-state index >= 15 is 0 Å². The van der Waals surface area contributed by atoms with Crippen LogP contribution in [0.15, 0.2) is 16.6 Å².